The van der Waals surface area contributed by atoms with E-state index in [0.29, 0.717) is 16.7 Å². The first-order valence-corrected chi connectivity index (χ1v) is 7.12. The number of halogens is 1. The fraction of sp³-hybridized carbons (Fsp3) is 0.625. The molecule has 2 rings (SSSR count). The predicted octanol–water partition coefficient (Wildman–Crippen LogP) is 3.90. The van der Waals surface area contributed by atoms with E-state index < -0.39 is 6.10 Å². The first-order valence-electron chi connectivity index (χ1n) is 7.12. The van der Waals surface area contributed by atoms with Crippen molar-refractivity contribution >= 4 is 5.69 Å². The zero-order valence-electron chi connectivity index (χ0n) is 12.1. The molecule has 0 spiro atoms. The van der Waals surface area contributed by atoms with E-state index in [0.717, 1.165) is 25.9 Å². The molecule has 1 aromatic rings. The van der Waals surface area contributed by atoms with E-state index in [1.54, 1.807) is 13.0 Å². The van der Waals surface area contributed by atoms with Crippen LogP contribution in [0, 0.1) is 11.2 Å². The highest BCUT2D eigenvalue weighted by atomic mass is 19.1. The van der Waals surface area contributed by atoms with Crippen LogP contribution in [-0.2, 0) is 0 Å². The Balaban J connectivity index is 2.31. The smallest absolute Gasteiger partial charge is 0.146 e. The van der Waals surface area contributed by atoms with Gasteiger partial charge in [-0.3, -0.25) is 0 Å². The number of nitrogens with zero attached hydrogens (tertiary/aromatic N) is 1. The minimum Gasteiger partial charge on any atom is -0.389 e. The van der Waals surface area contributed by atoms with Crippen molar-refractivity contribution in [1.29, 1.82) is 0 Å². The third kappa shape index (κ3) is 3.27. The number of hydrogen-bond donors (Lipinski definition) is 1. The van der Waals surface area contributed by atoms with Gasteiger partial charge in [-0.25, -0.2) is 4.39 Å². The third-order valence-electron chi connectivity index (χ3n) is 4.12. The lowest BCUT2D eigenvalue weighted by Gasteiger charge is -2.28. The number of aliphatic hydroxyl groups excluding tert-OH is 1. The summed E-state index contributed by atoms with van der Waals surface area (Å²) in [6.45, 7) is 7.96. The molecule has 0 aliphatic carbocycles. The maximum absolute atomic E-state index is 14.2. The quantitative estimate of drug-likeness (QED) is 0.876. The first-order chi connectivity index (χ1) is 8.91. The minimum atomic E-state index is -0.637. The van der Waals surface area contributed by atoms with E-state index in [1.165, 1.54) is 12.5 Å². The Bertz CT molecular complexity index is 442. The van der Waals surface area contributed by atoms with Gasteiger partial charge in [-0.1, -0.05) is 26.0 Å². The van der Waals surface area contributed by atoms with Gasteiger partial charge in [0.05, 0.1) is 11.8 Å². The highest BCUT2D eigenvalue weighted by Crippen LogP contribution is 2.35. The van der Waals surface area contributed by atoms with E-state index in [-0.39, 0.29) is 5.82 Å². The standard InChI is InChI=1S/C16H24FNO/c1-12(19)13-6-4-7-14(17)15(13)18-10-5-8-16(2,3)9-11-18/h4,6-7,12,19H,5,8-11H2,1-3H3/t12-/m1/s1. The molecule has 1 saturated heterocycles. The zero-order valence-corrected chi connectivity index (χ0v) is 12.1. The monoisotopic (exact) mass is 265 g/mol. The van der Waals surface area contributed by atoms with Crippen molar-refractivity contribution in [2.75, 3.05) is 18.0 Å². The normalized spacial score (nSPS) is 21.0. The maximum atomic E-state index is 14.2. The summed E-state index contributed by atoms with van der Waals surface area (Å²) in [4.78, 5) is 2.10. The van der Waals surface area contributed by atoms with Gasteiger partial charge < -0.3 is 10.0 Å². The van der Waals surface area contributed by atoms with Crippen molar-refractivity contribution in [2.45, 2.75) is 46.1 Å². The van der Waals surface area contributed by atoms with Crippen LogP contribution < -0.4 is 4.90 Å². The molecule has 1 aliphatic heterocycles. The van der Waals surface area contributed by atoms with Gasteiger partial charge in [-0.15, -0.1) is 0 Å². The minimum absolute atomic E-state index is 0.224. The van der Waals surface area contributed by atoms with Gasteiger partial charge in [-0.05, 0) is 37.7 Å². The summed E-state index contributed by atoms with van der Waals surface area (Å²) in [5.74, 6) is -0.224. The van der Waals surface area contributed by atoms with E-state index in [4.69, 9.17) is 0 Å². The molecular weight excluding hydrogens is 241 g/mol. The van der Waals surface area contributed by atoms with Gasteiger partial charge in [0.15, 0.2) is 0 Å². The molecule has 1 fully saturated rings. The molecule has 0 saturated carbocycles. The molecule has 1 aromatic carbocycles. The average Bonchev–Trinajstić information content (AvgIpc) is 2.50. The molecule has 0 bridgehead atoms. The van der Waals surface area contributed by atoms with Crippen LogP contribution in [0.15, 0.2) is 18.2 Å². The first kappa shape index (κ1) is 14.3. The van der Waals surface area contributed by atoms with Crippen molar-refractivity contribution in [3.05, 3.63) is 29.6 Å². The predicted molar refractivity (Wildman–Crippen MR) is 76.9 cm³/mol. The number of hydrogen-bond acceptors (Lipinski definition) is 2. The van der Waals surface area contributed by atoms with Crippen LogP contribution in [0.1, 0.15) is 51.7 Å². The second kappa shape index (κ2) is 5.49. The second-order valence-electron chi connectivity index (χ2n) is 6.36. The Morgan fingerprint density at radius 1 is 1.26 bits per heavy atom. The van der Waals surface area contributed by atoms with Crippen molar-refractivity contribution in [3.8, 4) is 0 Å². The summed E-state index contributed by atoms with van der Waals surface area (Å²) in [6.07, 6.45) is 2.66. The van der Waals surface area contributed by atoms with Crippen molar-refractivity contribution in [3.63, 3.8) is 0 Å². The van der Waals surface area contributed by atoms with Crippen LogP contribution in [0.4, 0.5) is 10.1 Å². The lowest BCUT2D eigenvalue weighted by molar-refractivity contribution is 0.199. The second-order valence-corrected chi connectivity index (χ2v) is 6.36. The van der Waals surface area contributed by atoms with Crippen molar-refractivity contribution in [2.24, 2.45) is 5.41 Å². The molecule has 0 unspecified atom stereocenters. The highest BCUT2D eigenvalue weighted by molar-refractivity contribution is 5.56. The van der Waals surface area contributed by atoms with Crippen LogP contribution >= 0.6 is 0 Å². The molecule has 1 heterocycles. The fourth-order valence-corrected chi connectivity index (χ4v) is 2.85. The van der Waals surface area contributed by atoms with Crippen molar-refractivity contribution < 1.29 is 9.50 Å². The number of aliphatic hydroxyl groups is 1. The fourth-order valence-electron chi connectivity index (χ4n) is 2.85. The maximum Gasteiger partial charge on any atom is 0.146 e. The lowest BCUT2D eigenvalue weighted by atomic mass is 9.85. The van der Waals surface area contributed by atoms with Gasteiger partial charge in [0.1, 0.15) is 5.82 Å². The van der Waals surface area contributed by atoms with Gasteiger partial charge >= 0.3 is 0 Å². The largest absolute Gasteiger partial charge is 0.389 e. The zero-order chi connectivity index (χ0) is 14.0. The van der Waals surface area contributed by atoms with E-state index in [1.807, 2.05) is 6.07 Å². The molecule has 0 amide bonds. The van der Waals surface area contributed by atoms with Gasteiger partial charge in [0.2, 0.25) is 0 Å². The molecular formula is C16H24FNO. The highest BCUT2D eigenvalue weighted by Gasteiger charge is 2.26. The van der Waals surface area contributed by atoms with Crippen LogP contribution in [0.3, 0.4) is 0 Å². The summed E-state index contributed by atoms with van der Waals surface area (Å²) in [5, 5.41) is 9.84. The molecule has 1 aliphatic rings. The molecule has 1 N–H and O–H groups in total. The number of benzene rings is 1. The SMILES string of the molecule is C[C@@H](O)c1cccc(F)c1N1CCCC(C)(C)CC1. The van der Waals surface area contributed by atoms with Crippen molar-refractivity contribution in [1.82, 2.24) is 0 Å². The molecule has 0 radical (unpaired) electrons. The number of para-hydroxylation sites is 1. The number of anilines is 1. The molecule has 106 valence electrons. The summed E-state index contributed by atoms with van der Waals surface area (Å²) in [7, 11) is 0. The summed E-state index contributed by atoms with van der Waals surface area (Å²) >= 11 is 0. The van der Waals surface area contributed by atoms with Crippen LogP contribution in [0.2, 0.25) is 0 Å². The van der Waals surface area contributed by atoms with Crippen LogP contribution in [0.5, 0.6) is 0 Å². The van der Waals surface area contributed by atoms with E-state index in [2.05, 4.69) is 18.7 Å². The van der Waals surface area contributed by atoms with E-state index in [9.17, 15) is 9.50 Å². The Labute approximate surface area is 115 Å². The Hall–Kier alpha value is -1.09. The molecule has 2 nitrogen and oxygen atoms in total. The van der Waals surface area contributed by atoms with E-state index >= 15 is 0 Å². The van der Waals surface area contributed by atoms with Gasteiger partial charge in [-0.2, -0.15) is 0 Å². The lowest BCUT2D eigenvalue weighted by Crippen LogP contribution is -2.27. The molecule has 3 heteroatoms. The third-order valence-corrected chi connectivity index (χ3v) is 4.12. The summed E-state index contributed by atoms with van der Waals surface area (Å²) < 4.78 is 14.2. The molecule has 19 heavy (non-hydrogen) atoms. The topological polar surface area (TPSA) is 23.5 Å². The molecule has 1 atom stereocenters. The summed E-state index contributed by atoms with van der Waals surface area (Å²) in [5.41, 5.74) is 1.61. The Morgan fingerprint density at radius 3 is 2.68 bits per heavy atom. The molecule has 0 aromatic heterocycles. The van der Waals surface area contributed by atoms with Gasteiger partial charge in [0.25, 0.3) is 0 Å². The van der Waals surface area contributed by atoms with Crippen LogP contribution in [-0.4, -0.2) is 18.2 Å². The number of rotatable bonds is 2. The Morgan fingerprint density at radius 2 is 2.00 bits per heavy atom. The van der Waals surface area contributed by atoms with Gasteiger partial charge in [0, 0.05) is 18.7 Å². The summed E-state index contributed by atoms with van der Waals surface area (Å²) in [6, 6.07) is 4.97. The van der Waals surface area contributed by atoms with Crippen LogP contribution in [0.25, 0.3) is 0 Å². The Kier molecular flexibility index (Phi) is 4.14. The average molecular weight is 265 g/mol.